The molecular formula is C32H28F4O10. The second-order valence-electron chi connectivity index (χ2n) is 9.50. The Balaban J connectivity index is 1.38. The predicted octanol–water partition coefficient (Wildman–Crippen LogP) is 5.81. The van der Waals surface area contributed by atoms with Crippen LogP contribution in [0.2, 0.25) is 0 Å². The van der Waals surface area contributed by atoms with E-state index in [0.29, 0.717) is 25.7 Å². The van der Waals surface area contributed by atoms with Gasteiger partial charge in [-0.25, -0.2) is 28.0 Å². The van der Waals surface area contributed by atoms with Crippen molar-refractivity contribution in [2.45, 2.75) is 37.9 Å². The number of hydrogen-bond acceptors (Lipinski definition) is 10. The lowest BCUT2D eigenvalue weighted by atomic mass is 9.95. The van der Waals surface area contributed by atoms with Crippen LogP contribution >= 0.6 is 0 Å². The number of esters is 4. The molecule has 14 heteroatoms. The standard InChI is InChI=1S/C32H28F4O10/c1-19(33)31(39)43-17-41-25-7-3-21(27(35)15-25)5-13-29(37)45-23-9-11-24(12-10-23)46-30(38)14-6-22-4-8-26(16-28(22)36)42-18-44-32(40)20(2)34/h3-8,13-16,23-24H,1-2,9-12,17-18H2/b13-5-,14-6+. The number of halogens is 4. The smallest absolute Gasteiger partial charge is 0.369 e. The van der Waals surface area contributed by atoms with Crippen molar-refractivity contribution in [2.24, 2.45) is 0 Å². The van der Waals surface area contributed by atoms with Crippen molar-refractivity contribution in [3.8, 4) is 11.5 Å². The molecule has 1 aliphatic carbocycles. The fourth-order valence-corrected chi connectivity index (χ4v) is 3.91. The molecular weight excluding hydrogens is 620 g/mol. The molecule has 0 spiro atoms. The van der Waals surface area contributed by atoms with E-state index in [2.05, 4.69) is 22.6 Å². The summed E-state index contributed by atoms with van der Waals surface area (Å²) in [5, 5.41) is 0. The van der Waals surface area contributed by atoms with Gasteiger partial charge in [0.1, 0.15) is 35.3 Å². The van der Waals surface area contributed by atoms with Crippen molar-refractivity contribution in [1.82, 2.24) is 0 Å². The van der Waals surface area contributed by atoms with Crippen molar-refractivity contribution < 1.29 is 65.2 Å². The molecule has 0 N–H and O–H groups in total. The largest absolute Gasteiger partial charge is 0.459 e. The summed E-state index contributed by atoms with van der Waals surface area (Å²) in [6.07, 6.45) is 5.28. The van der Waals surface area contributed by atoms with Crippen LogP contribution in [0.3, 0.4) is 0 Å². The average molecular weight is 649 g/mol. The van der Waals surface area contributed by atoms with Gasteiger partial charge in [0.15, 0.2) is 0 Å². The molecule has 2 aromatic rings. The summed E-state index contributed by atoms with van der Waals surface area (Å²) in [5.41, 5.74) is 0.103. The Morgan fingerprint density at radius 1 is 0.674 bits per heavy atom. The van der Waals surface area contributed by atoms with E-state index in [-0.39, 0.29) is 22.6 Å². The zero-order valence-corrected chi connectivity index (χ0v) is 24.2. The zero-order valence-electron chi connectivity index (χ0n) is 24.2. The molecule has 46 heavy (non-hydrogen) atoms. The van der Waals surface area contributed by atoms with Gasteiger partial charge in [-0.15, -0.1) is 0 Å². The van der Waals surface area contributed by atoms with Crippen LogP contribution in [0.15, 0.2) is 73.4 Å². The third kappa shape index (κ3) is 11.6. The van der Waals surface area contributed by atoms with E-state index in [9.17, 15) is 36.7 Å². The maximum Gasteiger partial charge on any atom is 0.369 e. The van der Waals surface area contributed by atoms with Crippen LogP contribution in [0.5, 0.6) is 11.5 Å². The zero-order chi connectivity index (χ0) is 33.6. The number of carbonyl (C=O) groups excluding carboxylic acids is 4. The van der Waals surface area contributed by atoms with Gasteiger partial charge in [0.25, 0.3) is 0 Å². The fraction of sp³-hybridized carbons (Fsp3) is 0.250. The van der Waals surface area contributed by atoms with E-state index >= 15 is 0 Å². The summed E-state index contributed by atoms with van der Waals surface area (Å²) in [6.45, 7) is 4.23. The Bertz CT molecular complexity index is 1410. The molecule has 0 amide bonds. The van der Waals surface area contributed by atoms with Gasteiger partial charge in [-0.05, 0) is 62.1 Å². The summed E-state index contributed by atoms with van der Waals surface area (Å²) in [7, 11) is 0. The van der Waals surface area contributed by atoms with Gasteiger partial charge in [0, 0.05) is 35.4 Å². The first-order valence-corrected chi connectivity index (χ1v) is 13.6. The molecule has 0 unspecified atom stereocenters. The fourth-order valence-electron chi connectivity index (χ4n) is 3.91. The molecule has 1 saturated carbocycles. The molecule has 244 valence electrons. The number of benzene rings is 2. The molecule has 0 radical (unpaired) electrons. The molecule has 0 bridgehead atoms. The summed E-state index contributed by atoms with van der Waals surface area (Å²) in [4.78, 5) is 46.4. The lowest BCUT2D eigenvalue weighted by molar-refractivity contribution is -0.151. The molecule has 1 aliphatic rings. The van der Waals surface area contributed by atoms with Gasteiger partial charge in [0.2, 0.25) is 25.2 Å². The lowest BCUT2D eigenvalue weighted by Gasteiger charge is -2.27. The second-order valence-corrected chi connectivity index (χ2v) is 9.50. The SMILES string of the molecule is C=C(F)C(=O)OCOc1ccc(/C=C\C(=O)OC2CCC(OC(=O)/C=C/c3ccc(OCOC(=O)C(=C)F)cc3F)CC2)c(F)c1. The first kappa shape index (κ1) is 35.1. The number of hydrogen-bond donors (Lipinski definition) is 0. The summed E-state index contributed by atoms with van der Waals surface area (Å²) in [6, 6.07) is 7.30. The Morgan fingerprint density at radius 2 is 1.04 bits per heavy atom. The Morgan fingerprint density at radius 3 is 1.37 bits per heavy atom. The predicted molar refractivity (Wildman–Crippen MR) is 153 cm³/mol. The molecule has 0 aromatic heterocycles. The van der Waals surface area contributed by atoms with Gasteiger partial charge in [-0.3, -0.25) is 0 Å². The summed E-state index contributed by atoms with van der Waals surface area (Å²) < 4.78 is 83.4. The van der Waals surface area contributed by atoms with Crippen LogP contribution in [0.4, 0.5) is 17.6 Å². The maximum absolute atomic E-state index is 14.3. The highest BCUT2D eigenvalue weighted by atomic mass is 19.1. The van der Waals surface area contributed by atoms with Crippen molar-refractivity contribution >= 4 is 36.0 Å². The van der Waals surface area contributed by atoms with Crippen molar-refractivity contribution in [3.63, 3.8) is 0 Å². The van der Waals surface area contributed by atoms with E-state index in [1.54, 1.807) is 0 Å². The third-order valence-corrected chi connectivity index (χ3v) is 6.20. The van der Waals surface area contributed by atoms with Crippen LogP contribution in [-0.4, -0.2) is 49.7 Å². The summed E-state index contributed by atoms with van der Waals surface area (Å²) in [5.74, 6) is -8.09. The molecule has 0 saturated heterocycles. The van der Waals surface area contributed by atoms with Gasteiger partial charge < -0.3 is 28.4 Å². The molecule has 0 atom stereocenters. The minimum atomic E-state index is -1.30. The molecule has 1 fully saturated rings. The minimum absolute atomic E-state index is 0.00116. The first-order valence-electron chi connectivity index (χ1n) is 13.6. The number of carbonyl (C=O) groups is 4. The van der Waals surface area contributed by atoms with E-state index in [1.807, 2.05) is 0 Å². The maximum atomic E-state index is 14.3. The average Bonchev–Trinajstić information content (AvgIpc) is 3.01. The van der Waals surface area contributed by atoms with Gasteiger partial charge in [-0.2, -0.15) is 8.78 Å². The Hall–Kier alpha value is -5.40. The van der Waals surface area contributed by atoms with Gasteiger partial charge in [-0.1, -0.05) is 13.2 Å². The van der Waals surface area contributed by atoms with Crippen molar-refractivity contribution in [3.05, 3.63) is 96.1 Å². The van der Waals surface area contributed by atoms with Gasteiger partial charge in [0.05, 0.1) is 0 Å². The highest BCUT2D eigenvalue weighted by Gasteiger charge is 2.25. The van der Waals surface area contributed by atoms with Crippen LogP contribution in [0.25, 0.3) is 12.2 Å². The van der Waals surface area contributed by atoms with Gasteiger partial charge >= 0.3 is 23.9 Å². The lowest BCUT2D eigenvalue weighted by Crippen LogP contribution is -2.29. The molecule has 10 nitrogen and oxygen atoms in total. The highest BCUT2D eigenvalue weighted by Crippen LogP contribution is 2.25. The Labute approximate surface area is 260 Å². The molecule has 0 heterocycles. The van der Waals surface area contributed by atoms with Crippen molar-refractivity contribution in [2.75, 3.05) is 13.6 Å². The Kier molecular flexibility index (Phi) is 13.1. The quantitative estimate of drug-likeness (QED) is 0.0815. The minimum Gasteiger partial charge on any atom is -0.459 e. The van der Waals surface area contributed by atoms with E-state index in [1.165, 1.54) is 36.4 Å². The van der Waals surface area contributed by atoms with Crippen molar-refractivity contribution in [1.29, 1.82) is 0 Å². The van der Waals surface area contributed by atoms with Crippen LogP contribution in [0, 0.1) is 11.6 Å². The van der Waals surface area contributed by atoms with E-state index in [4.69, 9.17) is 18.9 Å². The normalized spacial score (nSPS) is 16.0. The second kappa shape index (κ2) is 17.2. The van der Waals surface area contributed by atoms with Crippen LogP contribution < -0.4 is 9.47 Å². The monoisotopic (exact) mass is 648 g/mol. The van der Waals surface area contributed by atoms with Crippen LogP contribution in [-0.2, 0) is 38.1 Å². The topological polar surface area (TPSA) is 124 Å². The van der Waals surface area contributed by atoms with Crippen LogP contribution in [0.1, 0.15) is 36.8 Å². The molecule has 2 aromatic carbocycles. The summed E-state index contributed by atoms with van der Waals surface area (Å²) >= 11 is 0. The molecule has 3 rings (SSSR count). The molecule has 0 aliphatic heterocycles. The van der Waals surface area contributed by atoms with E-state index in [0.717, 1.165) is 24.3 Å². The first-order chi connectivity index (χ1) is 21.9. The number of ether oxygens (including phenoxy) is 6. The van der Waals surface area contributed by atoms with E-state index < -0.39 is 73.0 Å². The third-order valence-electron chi connectivity index (χ3n) is 6.20. The highest BCUT2D eigenvalue weighted by molar-refractivity contribution is 5.88. The number of rotatable bonds is 14.